The van der Waals surface area contributed by atoms with E-state index in [0.29, 0.717) is 67.4 Å². The molecule has 0 radical (unpaired) electrons. The maximum Gasteiger partial charge on any atom is 0.415 e. The fraction of sp³-hybridized carbons (Fsp3) is 0.429. The molecule has 0 spiro atoms. The summed E-state index contributed by atoms with van der Waals surface area (Å²) in [5.74, 6) is 1.36. The first kappa shape index (κ1) is 29.2. The number of morpholine rings is 1. The van der Waals surface area contributed by atoms with Crippen LogP contribution in [0.5, 0.6) is 5.75 Å². The van der Waals surface area contributed by atoms with Gasteiger partial charge in [0.05, 0.1) is 32.2 Å². The third-order valence-corrected chi connectivity index (χ3v) is 7.50. The average molecular weight is 593 g/mol. The van der Waals surface area contributed by atoms with E-state index < -0.39 is 18.8 Å². The summed E-state index contributed by atoms with van der Waals surface area (Å²) in [6.45, 7) is 3.42. The third-order valence-electron chi connectivity index (χ3n) is 7.22. The van der Waals surface area contributed by atoms with Gasteiger partial charge in [0.2, 0.25) is 5.95 Å². The van der Waals surface area contributed by atoms with Crippen molar-refractivity contribution in [2.75, 3.05) is 68.6 Å². The Balaban J connectivity index is 1.27. The summed E-state index contributed by atoms with van der Waals surface area (Å²) in [5, 5.41) is 16.2. The molecule has 1 saturated heterocycles. The van der Waals surface area contributed by atoms with Gasteiger partial charge in [0, 0.05) is 50.2 Å². The predicted octanol–water partition coefficient (Wildman–Crippen LogP) is 4.79. The summed E-state index contributed by atoms with van der Waals surface area (Å²) >= 11 is 6.42. The van der Waals surface area contributed by atoms with Gasteiger partial charge in [-0.3, -0.25) is 4.90 Å². The minimum Gasteiger partial charge on any atom is -0.494 e. The van der Waals surface area contributed by atoms with Gasteiger partial charge in [-0.25, -0.2) is 4.98 Å². The molecule has 0 saturated carbocycles. The maximum absolute atomic E-state index is 12.8. The Bertz CT molecular complexity index is 1360. The van der Waals surface area contributed by atoms with Gasteiger partial charge in [0.25, 0.3) is 0 Å². The highest BCUT2D eigenvalue weighted by atomic mass is 35.5. The lowest BCUT2D eigenvalue weighted by atomic mass is 10.0. The number of ether oxygens (including phenoxy) is 2. The predicted molar refractivity (Wildman–Crippen MR) is 152 cm³/mol. The van der Waals surface area contributed by atoms with Gasteiger partial charge in [-0.2, -0.15) is 18.2 Å². The van der Waals surface area contributed by atoms with Crippen LogP contribution in [0.25, 0.3) is 0 Å². The summed E-state index contributed by atoms with van der Waals surface area (Å²) in [6, 6.07) is 11.7. The Morgan fingerprint density at radius 3 is 2.54 bits per heavy atom. The van der Waals surface area contributed by atoms with Crippen LogP contribution in [0, 0.1) is 0 Å². The number of alkyl halides is 3. The van der Waals surface area contributed by atoms with Crippen molar-refractivity contribution >= 4 is 40.4 Å². The Morgan fingerprint density at radius 2 is 1.80 bits per heavy atom. The van der Waals surface area contributed by atoms with Gasteiger partial charge in [0.15, 0.2) is 11.9 Å². The molecule has 0 aliphatic carbocycles. The van der Waals surface area contributed by atoms with E-state index in [1.54, 1.807) is 12.0 Å². The molecule has 9 nitrogen and oxygen atoms in total. The van der Waals surface area contributed by atoms with E-state index in [1.807, 2.05) is 36.4 Å². The zero-order valence-electron chi connectivity index (χ0n) is 22.5. The Morgan fingerprint density at radius 1 is 1.05 bits per heavy atom. The molecule has 1 aromatic heterocycles. The number of anilines is 5. The molecular weight excluding hydrogens is 561 g/mol. The number of hydrogen-bond donors (Lipinski definition) is 3. The number of rotatable bonds is 8. The molecule has 2 aliphatic heterocycles. The van der Waals surface area contributed by atoms with E-state index in [4.69, 9.17) is 21.1 Å². The molecule has 0 amide bonds. The van der Waals surface area contributed by atoms with Crippen molar-refractivity contribution < 1.29 is 27.8 Å². The molecule has 3 heterocycles. The van der Waals surface area contributed by atoms with Crippen LogP contribution >= 0.6 is 11.6 Å². The van der Waals surface area contributed by atoms with Crippen LogP contribution in [-0.2, 0) is 17.6 Å². The van der Waals surface area contributed by atoms with E-state index in [-0.39, 0.29) is 0 Å². The molecule has 2 aromatic carbocycles. The quantitative estimate of drug-likeness (QED) is 0.341. The third kappa shape index (κ3) is 7.31. The molecule has 13 heteroatoms. The van der Waals surface area contributed by atoms with Crippen molar-refractivity contribution in [3.8, 4) is 5.75 Å². The van der Waals surface area contributed by atoms with Gasteiger partial charge in [-0.15, -0.1) is 0 Å². The van der Waals surface area contributed by atoms with Gasteiger partial charge in [0.1, 0.15) is 10.8 Å². The fourth-order valence-electron chi connectivity index (χ4n) is 4.95. The number of halogens is 4. The van der Waals surface area contributed by atoms with Crippen molar-refractivity contribution in [3.63, 3.8) is 0 Å². The number of nitrogens with zero attached hydrogens (tertiary/aromatic N) is 4. The second kappa shape index (κ2) is 12.7. The normalized spacial score (nSPS) is 17.0. The molecule has 5 rings (SSSR count). The first-order valence-electron chi connectivity index (χ1n) is 13.4. The maximum atomic E-state index is 12.8. The Kier molecular flexibility index (Phi) is 9.03. The number of β-amino-alcohol motifs (C(OH)–C–C–N with tert-alkyl or cyclic N) is 1. The van der Waals surface area contributed by atoms with Crippen LogP contribution in [0.2, 0.25) is 5.02 Å². The number of nitrogens with one attached hydrogen (secondary N) is 2. The van der Waals surface area contributed by atoms with Crippen LogP contribution in [0.1, 0.15) is 11.1 Å². The van der Waals surface area contributed by atoms with Crippen LogP contribution in [0.3, 0.4) is 0 Å². The molecule has 2 aliphatic rings. The van der Waals surface area contributed by atoms with E-state index in [0.717, 1.165) is 35.6 Å². The lowest BCUT2D eigenvalue weighted by Gasteiger charge is -2.29. The highest BCUT2D eigenvalue weighted by Gasteiger charge is 2.39. The van der Waals surface area contributed by atoms with Crippen LogP contribution < -0.4 is 20.3 Å². The standard InChI is InChI=1S/C28H32ClF3N6O3/c1-40-24-15-21(38-10-12-41-13-11-38)4-5-23(24)35-26-22(29)16-33-27(36-26)34-20-3-2-18-6-8-37(9-7-19(18)14-20)17-25(39)28(30,31)32/h2-5,14-16,25,39H,6-13,17H2,1H3,(H2,33,34,35,36)/t25-/m0/s1. The van der Waals surface area contributed by atoms with E-state index >= 15 is 0 Å². The number of methoxy groups -OCH3 is 1. The number of aliphatic hydroxyl groups excluding tert-OH is 1. The van der Waals surface area contributed by atoms with Gasteiger partial charge < -0.3 is 30.1 Å². The van der Waals surface area contributed by atoms with Crippen LogP contribution in [0.4, 0.5) is 42.0 Å². The van der Waals surface area contributed by atoms with Gasteiger partial charge in [-0.05, 0) is 48.2 Å². The van der Waals surface area contributed by atoms with E-state index in [1.165, 1.54) is 6.20 Å². The summed E-state index contributed by atoms with van der Waals surface area (Å²) in [7, 11) is 1.61. The highest BCUT2D eigenvalue weighted by molar-refractivity contribution is 6.33. The molecule has 41 heavy (non-hydrogen) atoms. The zero-order valence-corrected chi connectivity index (χ0v) is 23.3. The Labute approximate surface area is 241 Å². The number of benzene rings is 2. The van der Waals surface area contributed by atoms with Crippen LogP contribution in [-0.4, -0.2) is 85.3 Å². The first-order valence-corrected chi connectivity index (χ1v) is 13.7. The lowest BCUT2D eigenvalue weighted by molar-refractivity contribution is -0.208. The molecule has 220 valence electrons. The lowest BCUT2D eigenvalue weighted by Crippen LogP contribution is -2.41. The number of aromatic nitrogens is 2. The average Bonchev–Trinajstić information content (AvgIpc) is 3.17. The van der Waals surface area contributed by atoms with Crippen molar-refractivity contribution in [2.45, 2.75) is 25.1 Å². The van der Waals surface area contributed by atoms with Gasteiger partial charge in [-0.1, -0.05) is 17.7 Å². The SMILES string of the molecule is COc1cc(N2CCOCC2)ccc1Nc1nc(Nc2ccc3c(c2)CCN(C[C@H](O)C(F)(F)F)CC3)ncc1Cl. The zero-order chi connectivity index (χ0) is 29.0. The smallest absolute Gasteiger partial charge is 0.415 e. The molecule has 3 aromatic rings. The molecule has 3 N–H and O–H groups in total. The first-order chi connectivity index (χ1) is 19.7. The topological polar surface area (TPSA) is 95.0 Å². The fourth-order valence-corrected chi connectivity index (χ4v) is 5.09. The van der Waals surface area contributed by atoms with Crippen molar-refractivity contribution in [2.24, 2.45) is 0 Å². The second-order valence-corrected chi connectivity index (χ2v) is 10.4. The minimum atomic E-state index is -4.62. The van der Waals surface area contributed by atoms with Gasteiger partial charge >= 0.3 is 6.18 Å². The number of hydrogen-bond acceptors (Lipinski definition) is 9. The number of fused-ring (bicyclic) bond motifs is 1. The van der Waals surface area contributed by atoms with Crippen molar-refractivity contribution in [1.82, 2.24) is 14.9 Å². The molecule has 1 fully saturated rings. The van der Waals surface area contributed by atoms with Crippen LogP contribution in [0.15, 0.2) is 42.6 Å². The number of aliphatic hydroxyl groups is 1. The van der Waals surface area contributed by atoms with E-state index in [2.05, 4.69) is 25.5 Å². The largest absolute Gasteiger partial charge is 0.494 e. The molecular formula is C28H32ClF3N6O3. The summed E-state index contributed by atoms with van der Waals surface area (Å²) in [5.41, 5.74) is 4.56. The summed E-state index contributed by atoms with van der Waals surface area (Å²) < 4.78 is 49.5. The molecule has 0 unspecified atom stereocenters. The highest BCUT2D eigenvalue weighted by Crippen LogP contribution is 2.34. The van der Waals surface area contributed by atoms with E-state index in [9.17, 15) is 18.3 Å². The second-order valence-electron chi connectivity index (χ2n) is 9.97. The van der Waals surface area contributed by atoms with Crippen molar-refractivity contribution in [3.05, 3.63) is 58.7 Å². The van der Waals surface area contributed by atoms with Crippen molar-refractivity contribution in [1.29, 1.82) is 0 Å². The minimum absolute atomic E-state index is 0.323. The Hall–Kier alpha value is -3.32. The molecule has 1 atom stereocenters. The molecule has 0 bridgehead atoms. The monoisotopic (exact) mass is 592 g/mol. The summed E-state index contributed by atoms with van der Waals surface area (Å²) in [4.78, 5) is 12.7. The summed E-state index contributed by atoms with van der Waals surface area (Å²) in [6.07, 6.45) is -4.32.